The van der Waals surface area contributed by atoms with Gasteiger partial charge in [0, 0.05) is 30.3 Å². The van der Waals surface area contributed by atoms with Crippen molar-refractivity contribution in [3.05, 3.63) is 35.1 Å². The number of benzene rings is 1. The molecule has 0 spiro atoms. The molecule has 3 nitrogen and oxygen atoms in total. The van der Waals surface area contributed by atoms with Crippen LogP contribution in [0.1, 0.15) is 24.0 Å². The maximum atomic E-state index is 14.3. The van der Waals surface area contributed by atoms with Crippen LogP contribution in [0.2, 0.25) is 0 Å². The molecule has 1 heterocycles. The molecule has 5 heteroatoms. The van der Waals surface area contributed by atoms with Crippen LogP contribution < -0.4 is 5.73 Å². The number of piperidine rings is 1. The summed E-state index contributed by atoms with van der Waals surface area (Å²) in [5.41, 5.74) is 6.57. The molecule has 1 aromatic carbocycles. The zero-order chi connectivity index (χ0) is 14.7. The Bertz CT molecular complexity index is 490. The molecule has 0 bridgehead atoms. The maximum Gasteiger partial charge on any atom is 0.137 e. The van der Waals surface area contributed by atoms with E-state index < -0.39 is 0 Å². The summed E-state index contributed by atoms with van der Waals surface area (Å²) in [5.74, 6) is -0.271. The highest BCUT2D eigenvalue weighted by Gasteiger charge is 2.22. The highest BCUT2D eigenvalue weighted by molar-refractivity contribution is 7.80. The first-order chi connectivity index (χ1) is 9.49. The Hall–Kier alpha value is -1.04. The zero-order valence-electron chi connectivity index (χ0n) is 12.1. The number of nitrogens with zero attached hydrogens (tertiary/aromatic N) is 2. The van der Waals surface area contributed by atoms with Crippen LogP contribution in [0.15, 0.2) is 18.2 Å². The lowest BCUT2D eigenvalue weighted by Gasteiger charge is -2.36. The van der Waals surface area contributed by atoms with Gasteiger partial charge in [0.05, 0.1) is 0 Å². The lowest BCUT2D eigenvalue weighted by molar-refractivity contribution is 0.127. The molecule has 0 aliphatic carbocycles. The van der Waals surface area contributed by atoms with E-state index in [9.17, 15) is 4.39 Å². The largest absolute Gasteiger partial charge is 0.389 e. The van der Waals surface area contributed by atoms with Gasteiger partial charge in [-0.2, -0.15) is 0 Å². The molecular weight excluding hydrogens is 273 g/mol. The van der Waals surface area contributed by atoms with Crippen molar-refractivity contribution >= 4 is 17.2 Å². The molecule has 0 saturated carbocycles. The second-order valence-electron chi connectivity index (χ2n) is 5.64. The van der Waals surface area contributed by atoms with Gasteiger partial charge in [-0.1, -0.05) is 24.4 Å². The molecule has 1 fully saturated rings. The number of hydrogen-bond donors (Lipinski definition) is 1. The molecule has 0 radical (unpaired) electrons. The van der Waals surface area contributed by atoms with Gasteiger partial charge in [-0.25, -0.2) is 4.39 Å². The van der Waals surface area contributed by atoms with E-state index in [-0.39, 0.29) is 10.8 Å². The molecule has 1 atom stereocenters. The lowest BCUT2D eigenvalue weighted by Crippen LogP contribution is -2.44. The fraction of sp³-hybridized carbons (Fsp3) is 0.533. The average molecular weight is 295 g/mol. The molecular formula is C15H22FN3S. The minimum Gasteiger partial charge on any atom is -0.389 e. The van der Waals surface area contributed by atoms with Gasteiger partial charge in [0.1, 0.15) is 10.8 Å². The van der Waals surface area contributed by atoms with Crippen molar-refractivity contribution in [1.29, 1.82) is 0 Å². The molecule has 0 aromatic heterocycles. The summed E-state index contributed by atoms with van der Waals surface area (Å²) >= 11 is 4.88. The van der Waals surface area contributed by atoms with Gasteiger partial charge in [0.2, 0.25) is 0 Å². The fourth-order valence-electron chi connectivity index (χ4n) is 2.73. The predicted molar refractivity (Wildman–Crippen MR) is 84.3 cm³/mol. The van der Waals surface area contributed by atoms with E-state index in [2.05, 4.69) is 23.9 Å². The highest BCUT2D eigenvalue weighted by Crippen LogP contribution is 2.19. The number of likely N-dealkylation sites (N-methyl/N-ethyl adjacent to an activating group) is 1. The summed E-state index contributed by atoms with van der Waals surface area (Å²) in [5, 5.41) is 0. The minimum atomic E-state index is -0.271. The molecule has 20 heavy (non-hydrogen) atoms. The summed E-state index contributed by atoms with van der Waals surface area (Å²) in [6, 6.07) is 5.82. The first-order valence-corrected chi connectivity index (χ1v) is 7.36. The van der Waals surface area contributed by atoms with Crippen molar-refractivity contribution in [3.8, 4) is 0 Å². The fourth-order valence-corrected chi connectivity index (χ4v) is 2.89. The third-order valence-corrected chi connectivity index (χ3v) is 4.17. The lowest BCUT2D eigenvalue weighted by atomic mass is 10.0. The summed E-state index contributed by atoms with van der Waals surface area (Å²) in [7, 11) is 4.20. The van der Waals surface area contributed by atoms with Crippen LogP contribution in [0.4, 0.5) is 4.39 Å². The quantitative estimate of drug-likeness (QED) is 0.861. The van der Waals surface area contributed by atoms with Crippen LogP contribution in [0.3, 0.4) is 0 Å². The number of thiocarbonyl (C=S) groups is 1. The SMILES string of the molecule is CN(C)C1CCCN(Cc2cccc(C(N)=S)c2F)C1. The highest BCUT2D eigenvalue weighted by atomic mass is 32.1. The Morgan fingerprint density at radius 3 is 2.90 bits per heavy atom. The Labute approximate surface area is 125 Å². The first-order valence-electron chi connectivity index (χ1n) is 6.95. The number of hydrogen-bond acceptors (Lipinski definition) is 3. The van der Waals surface area contributed by atoms with E-state index >= 15 is 0 Å². The second-order valence-corrected chi connectivity index (χ2v) is 6.08. The molecule has 1 saturated heterocycles. The zero-order valence-corrected chi connectivity index (χ0v) is 12.9. The van der Waals surface area contributed by atoms with Crippen molar-refractivity contribution in [3.63, 3.8) is 0 Å². The van der Waals surface area contributed by atoms with Crippen molar-refractivity contribution in [2.24, 2.45) is 5.73 Å². The molecule has 2 N–H and O–H groups in total. The molecule has 1 aliphatic heterocycles. The van der Waals surface area contributed by atoms with Gasteiger partial charge in [0.15, 0.2) is 0 Å². The van der Waals surface area contributed by atoms with Crippen LogP contribution >= 0.6 is 12.2 Å². The van der Waals surface area contributed by atoms with Crippen LogP contribution in [-0.4, -0.2) is 48.0 Å². The standard InChI is InChI=1S/C15H22FN3S/c1-18(2)12-6-4-8-19(10-12)9-11-5-3-7-13(14(11)16)15(17)20/h3,5,7,12H,4,6,8-10H2,1-2H3,(H2,17,20). The van der Waals surface area contributed by atoms with Crippen molar-refractivity contribution < 1.29 is 4.39 Å². The summed E-state index contributed by atoms with van der Waals surface area (Å²) < 4.78 is 14.3. The van der Waals surface area contributed by atoms with E-state index in [4.69, 9.17) is 18.0 Å². The van der Waals surface area contributed by atoms with Gasteiger partial charge >= 0.3 is 0 Å². The Kier molecular flexibility index (Phi) is 5.07. The van der Waals surface area contributed by atoms with Gasteiger partial charge < -0.3 is 10.6 Å². The molecule has 110 valence electrons. The van der Waals surface area contributed by atoms with Crippen molar-refractivity contribution in [2.45, 2.75) is 25.4 Å². The smallest absolute Gasteiger partial charge is 0.137 e. The van der Waals surface area contributed by atoms with Crippen LogP contribution in [0, 0.1) is 5.82 Å². The summed E-state index contributed by atoms with van der Waals surface area (Å²) in [6.45, 7) is 2.61. The van der Waals surface area contributed by atoms with Crippen LogP contribution in [0.5, 0.6) is 0 Å². The molecule has 0 amide bonds. The van der Waals surface area contributed by atoms with Crippen molar-refractivity contribution in [1.82, 2.24) is 9.80 Å². The molecule has 1 aromatic rings. The Balaban J connectivity index is 2.10. The van der Waals surface area contributed by atoms with Crippen LogP contribution in [-0.2, 0) is 6.54 Å². The third-order valence-electron chi connectivity index (χ3n) is 3.95. The van der Waals surface area contributed by atoms with Gasteiger partial charge in [-0.15, -0.1) is 0 Å². The van der Waals surface area contributed by atoms with E-state index in [0.717, 1.165) is 19.5 Å². The van der Waals surface area contributed by atoms with Gasteiger partial charge in [-0.05, 0) is 39.5 Å². The minimum absolute atomic E-state index is 0.120. The second kappa shape index (κ2) is 6.61. The average Bonchev–Trinajstić information content (AvgIpc) is 2.41. The third kappa shape index (κ3) is 3.53. The van der Waals surface area contributed by atoms with E-state index in [1.54, 1.807) is 6.07 Å². The predicted octanol–water partition coefficient (Wildman–Crippen LogP) is 1.99. The monoisotopic (exact) mass is 295 g/mol. The topological polar surface area (TPSA) is 32.5 Å². The Morgan fingerprint density at radius 1 is 1.50 bits per heavy atom. The normalized spacial score (nSPS) is 20.3. The van der Waals surface area contributed by atoms with E-state index in [1.807, 2.05) is 12.1 Å². The van der Waals surface area contributed by atoms with Gasteiger partial charge in [-0.3, -0.25) is 4.90 Å². The maximum absolute atomic E-state index is 14.3. The van der Waals surface area contributed by atoms with Gasteiger partial charge in [0.25, 0.3) is 0 Å². The number of halogens is 1. The summed E-state index contributed by atoms with van der Waals surface area (Å²) in [4.78, 5) is 4.67. The molecule has 1 unspecified atom stereocenters. The van der Waals surface area contributed by atoms with Crippen LogP contribution in [0.25, 0.3) is 0 Å². The summed E-state index contributed by atoms with van der Waals surface area (Å²) in [6.07, 6.45) is 2.36. The number of rotatable bonds is 4. The Morgan fingerprint density at radius 2 is 2.25 bits per heavy atom. The number of nitrogens with two attached hydrogens (primary N) is 1. The van der Waals surface area contributed by atoms with E-state index in [1.165, 1.54) is 6.42 Å². The molecule has 2 rings (SSSR count). The van der Waals surface area contributed by atoms with Crippen molar-refractivity contribution in [2.75, 3.05) is 27.2 Å². The number of likely N-dealkylation sites (tertiary alicyclic amines) is 1. The van der Waals surface area contributed by atoms with E-state index in [0.29, 0.717) is 23.7 Å². The molecule has 1 aliphatic rings. The first kappa shape index (κ1) is 15.4.